The third-order valence-corrected chi connectivity index (χ3v) is 4.08. The molecule has 1 atom stereocenters. The van der Waals surface area contributed by atoms with Crippen molar-refractivity contribution < 1.29 is 19.2 Å². The molecule has 1 aliphatic rings. The van der Waals surface area contributed by atoms with Gasteiger partial charge in [-0.1, -0.05) is 24.6 Å². The van der Waals surface area contributed by atoms with E-state index in [1.165, 1.54) is 4.90 Å². The van der Waals surface area contributed by atoms with E-state index in [-0.39, 0.29) is 12.5 Å². The van der Waals surface area contributed by atoms with Gasteiger partial charge >= 0.3 is 6.03 Å². The molecule has 1 heterocycles. The minimum atomic E-state index is -0.689. The molecule has 1 aromatic rings. The number of aryl methyl sites for hydroxylation is 1. The van der Waals surface area contributed by atoms with Crippen molar-refractivity contribution in [3.8, 4) is 0 Å². The number of anilines is 1. The van der Waals surface area contributed by atoms with Crippen molar-refractivity contribution in [3.05, 3.63) is 29.8 Å². The Morgan fingerprint density at radius 2 is 1.73 bits per heavy atom. The number of hydrogen-bond acceptors (Lipinski definition) is 4. The van der Waals surface area contributed by atoms with Gasteiger partial charge in [-0.2, -0.15) is 0 Å². The molecule has 8 heteroatoms. The van der Waals surface area contributed by atoms with E-state index in [0.717, 1.165) is 16.9 Å². The van der Waals surface area contributed by atoms with Crippen molar-refractivity contribution >= 4 is 29.4 Å². The molecule has 26 heavy (non-hydrogen) atoms. The first-order valence-electron chi connectivity index (χ1n) is 8.59. The summed E-state index contributed by atoms with van der Waals surface area (Å²) >= 11 is 0. The van der Waals surface area contributed by atoms with Crippen LogP contribution in [-0.4, -0.2) is 54.3 Å². The molecule has 1 aromatic carbocycles. The second-order valence-corrected chi connectivity index (χ2v) is 6.22. The number of carbonyl (C=O) groups is 4. The van der Waals surface area contributed by atoms with E-state index in [1.807, 2.05) is 26.0 Å². The number of rotatable bonds is 7. The molecule has 5 amide bonds. The maximum atomic E-state index is 12.6. The molecule has 2 rings (SSSR count). The van der Waals surface area contributed by atoms with Crippen molar-refractivity contribution in [1.82, 2.24) is 15.5 Å². The smallest absolute Gasteiger partial charge is 0.332 e. The van der Waals surface area contributed by atoms with Crippen LogP contribution in [0.5, 0.6) is 0 Å². The molecular formula is C18H24N4O4. The van der Waals surface area contributed by atoms with E-state index in [9.17, 15) is 19.2 Å². The zero-order chi connectivity index (χ0) is 19.3. The van der Waals surface area contributed by atoms with E-state index < -0.39 is 30.4 Å². The predicted molar refractivity (Wildman–Crippen MR) is 96.5 cm³/mol. The van der Waals surface area contributed by atoms with Crippen LogP contribution in [-0.2, 0) is 14.4 Å². The Balaban J connectivity index is 1.98. The second kappa shape index (κ2) is 8.46. The molecular weight excluding hydrogens is 336 g/mol. The highest BCUT2D eigenvalue weighted by atomic mass is 16.2. The van der Waals surface area contributed by atoms with Gasteiger partial charge in [0.2, 0.25) is 11.8 Å². The van der Waals surface area contributed by atoms with Crippen molar-refractivity contribution in [1.29, 1.82) is 0 Å². The van der Waals surface area contributed by atoms with Gasteiger partial charge in [0.1, 0.15) is 12.6 Å². The Morgan fingerprint density at radius 3 is 2.35 bits per heavy atom. The lowest BCUT2D eigenvalue weighted by Gasteiger charge is -2.19. The maximum absolute atomic E-state index is 12.6. The van der Waals surface area contributed by atoms with Crippen LogP contribution in [0.1, 0.15) is 25.8 Å². The van der Waals surface area contributed by atoms with Crippen LogP contribution in [0.4, 0.5) is 10.5 Å². The van der Waals surface area contributed by atoms with Crippen LogP contribution in [0.2, 0.25) is 0 Å². The maximum Gasteiger partial charge on any atom is 0.332 e. The van der Waals surface area contributed by atoms with Crippen molar-refractivity contribution in [2.45, 2.75) is 33.2 Å². The van der Waals surface area contributed by atoms with E-state index in [4.69, 9.17) is 0 Å². The Morgan fingerprint density at radius 1 is 1.08 bits per heavy atom. The van der Waals surface area contributed by atoms with Crippen molar-refractivity contribution in [3.63, 3.8) is 0 Å². The van der Waals surface area contributed by atoms with Gasteiger partial charge in [-0.15, -0.1) is 0 Å². The van der Waals surface area contributed by atoms with Gasteiger partial charge < -0.3 is 10.6 Å². The van der Waals surface area contributed by atoms with Crippen molar-refractivity contribution in [2.75, 3.05) is 24.5 Å². The largest absolute Gasteiger partial charge is 0.355 e. The zero-order valence-corrected chi connectivity index (χ0v) is 15.2. The summed E-state index contributed by atoms with van der Waals surface area (Å²) in [6, 6.07) is 5.99. The Kier molecular flexibility index (Phi) is 6.32. The minimum Gasteiger partial charge on any atom is -0.355 e. The minimum absolute atomic E-state index is 0.188. The zero-order valence-electron chi connectivity index (χ0n) is 15.2. The Hall–Kier alpha value is -2.90. The SMILES string of the molecule is CCCNC(=O)CNC(=O)CN1C(=O)[C@@H](C)N(c2ccc(C)cc2)C1=O. The summed E-state index contributed by atoms with van der Waals surface area (Å²) < 4.78 is 0. The average molecular weight is 360 g/mol. The van der Waals surface area contributed by atoms with Crippen LogP contribution in [0.15, 0.2) is 24.3 Å². The monoisotopic (exact) mass is 360 g/mol. The lowest BCUT2D eigenvalue weighted by atomic mass is 10.2. The second-order valence-electron chi connectivity index (χ2n) is 6.22. The predicted octanol–water partition coefficient (Wildman–Crippen LogP) is 0.795. The number of hydrogen-bond donors (Lipinski definition) is 2. The molecule has 0 radical (unpaired) electrons. The van der Waals surface area contributed by atoms with E-state index in [1.54, 1.807) is 19.1 Å². The van der Waals surface area contributed by atoms with Crippen LogP contribution in [0.25, 0.3) is 0 Å². The number of nitrogens with zero attached hydrogens (tertiary/aromatic N) is 2. The standard InChI is InChI=1S/C18H24N4O4/c1-4-9-19-15(23)10-20-16(24)11-21-17(25)13(3)22(18(21)26)14-7-5-12(2)6-8-14/h5-8,13H,4,9-11H2,1-3H3,(H,19,23)(H,20,24)/t13-/m1/s1. The molecule has 0 saturated carbocycles. The van der Waals surface area contributed by atoms with Gasteiger partial charge in [-0.25, -0.2) is 4.79 Å². The molecule has 2 N–H and O–H groups in total. The number of benzene rings is 1. The third-order valence-electron chi connectivity index (χ3n) is 4.08. The normalized spacial score (nSPS) is 16.8. The molecule has 8 nitrogen and oxygen atoms in total. The lowest BCUT2D eigenvalue weighted by Crippen LogP contribution is -2.44. The van der Waals surface area contributed by atoms with Gasteiger partial charge in [0, 0.05) is 12.2 Å². The number of urea groups is 1. The fraction of sp³-hybridized carbons (Fsp3) is 0.444. The Bertz CT molecular complexity index is 702. The van der Waals surface area contributed by atoms with E-state index >= 15 is 0 Å². The fourth-order valence-corrected chi connectivity index (χ4v) is 2.62. The summed E-state index contributed by atoms with van der Waals surface area (Å²) in [6.07, 6.45) is 0.795. The molecule has 0 bridgehead atoms. The summed E-state index contributed by atoms with van der Waals surface area (Å²) in [6.45, 7) is 5.40. The topological polar surface area (TPSA) is 98.8 Å². The van der Waals surface area contributed by atoms with Gasteiger partial charge in [0.15, 0.2) is 0 Å². The molecule has 0 aromatic heterocycles. The quantitative estimate of drug-likeness (QED) is 0.703. The fourth-order valence-electron chi connectivity index (χ4n) is 2.62. The number of imide groups is 1. The van der Waals surface area contributed by atoms with E-state index in [2.05, 4.69) is 10.6 Å². The summed E-state index contributed by atoms with van der Waals surface area (Å²) in [7, 11) is 0. The molecule has 0 unspecified atom stereocenters. The molecule has 140 valence electrons. The van der Waals surface area contributed by atoms with Gasteiger partial charge in [0.25, 0.3) is 5.91 Å². The highest BCUT2D eigenvalue weighted by molar-refractivity contribution is 6.15. The molecule has 1 aliphatic heterocycles. The first-order chi connectivity index (χ1) is 12.3. The van der Waals surface area contributed by atoms with Gasteiger partial charge in [0.05, 0.1) is 6.54 Å². The summed E-state index contributed by atoms with van der Waals surface area (Å²) in [5.41, 5.74) is 1.64. The highest BCUT2D eigenvalue weighted by Crippen LogP contribution is 2.25. The van der Waals surface area contributed by atoms with Gasteiger partial charge in [-0.3, -0.25) is 24.2 Å². The highest BCUT2D eigenvalue weighted by Gasteiger charge is 2.43. The molecule has 0 aliphatic carbocycles. The van der Waals surface area contributed by atoms with Crippen LogP contribution >= 0.6 is 0 Å². The third kappa shape index (κ3) is 4.38. The number of nitrogens with one attached hydrogen (secondary N) is 2. The van der Waals surface area contributed by atoms with E-state index in [0.29, 0.717) is 12.2 Å². The first-order valence-corrected chi connectivity index (χ1v) is 8.59. The lowest BCUT2D eigenvalue weighted by molar-refractivity contribution is -0.132. The van der Waals surface area contributed by atoms with Gasteiger partial charge in [-0.05, 0) is 32.4 Å². The average Bonchev–Trinajstić information content (AvgIpc) is 2.82. The van der Waals surface area contributed by atoms with Crippen LogP contribution in [0.3, 0.4) is 0 Å². The molecule has 1 fully saturated rings. The van der Waals surface area contributed by atoms with Crippen LogP contribution in [0, 0.1) is 6.92 Å². The Labute approximate surface area is 152 Å². The number of amides is 5. The summed E-state index contributed by atoms with van der Waals surface area (Å²) in [5, 5.41) is 5.05. The summed E-state index contributed by atoms with van der Waals surface area (Å²) in [5.74, 6) is -1.31. The van der Waals surface area contributed by atoms with Crippen LogP contribution < -0.4 is 15.5 Å². The summed E-state index contributed by atoms with van der Waals surface area (Å²) in [4.78, 5) is 50.8. The first kappa shape index (κ1) is 19.4. The number of carbonyl (C=O) groups excluding carboxylic acids is 4. The molecule has 0 spiro atoms. The molecule has 1 saturated heterocycles. The van der Waals surface area contributed by atoms with Crippen molar-refractivity contribution in [2.24, 2.45) is 0 Å².